The lowest BCUT2D eigenvalue weighted by Crippen LogP contribution is -2.33. The summed E-state index contributed by atoms with van der Waals surface area (Å²) in [6, 6.07) is 3.41. The molecule has 7 nitrogen and oxygen atoms in total. The van der Waals surface area contributed by atoms with E-state index in [1.807, 2.05) is 7.05 Å². The van der Waals surface area contributed by atoms with Crippen molar-refractivity contribution in [3.8, 4) is 0 Å². The van der Waals surface area contributed by atoms with Crippen molar-refractivity contribution in [3.63, 3.8) is 0 Å². The molecule has 166 valence electrons. The molecule has 2 aliphatic heterocycles. The molecule has 0 aliphatic carbocycles. The van der Waals surface area contributed by atoms with Gasteiger partial charge in [0.25, 0.3) is 0 Å². The summed E-state index contributed by atoms with van der Waals surface area (Å²) in [5.74, 6) is 0.423. The summed E-state index contributed by atoms with van der Waals surface area (Å²) in [5, 5.41) is 3.05. The molecule has 0 saturated carbocycles. The number of hydrogen-bond acceptors (Lipinski definition) is 6. The predicted molar refractivity (Wildman–Crippen MR) is 110 cm³/mol. The van der Waals surface area contributed by atoms with E-state index < -0.39 is 11.7 Å². The van der Waals surface area contributed by atoms with Gasteiger partial charge in [0.2, 0.25) is 11.2 Å². The number of nitrogens with two attached hydrogens (primary N) is 1. The van der Waals surface area contributed by atoms with Crippen LogP contribution in [0.3, 0.4) is 0 Å². The third-order valence-corrected chi connectivity index (χ3v) is 5.78. The topological polar surface area (TPSA) is 87.4 Å². The molecule has 2 aliphatic rings. The lowest BCUT2D eigenvalue weighted by Gasteiger charge is -2.19. The minimum absolute atomic E-state index is 0.0136. The van der Waals surface area contributed by atoms with Crippen molar-refractivity contribution in [2.75, 3.05) is 31.2 Å². The summed E-state index contributed by atoms with van der Waals surface area (Å²) in [7, 11) is 1.99. The Labute approximate surface area is 182 Å². The second-order valence-electron chi connectivity index (χ2n) is 8.02. The second kappa shape index (κ2) is 8.16. The van der Waals surface area contributed by atoms with E-state index in [9.17, 15) is 18.0 Å². The van der Waals surface area contributed by atoms with Crippen LogP contribution in [-0.2, 0) is 30.6 Å². The summed E-state index contributed by atoms with van der Waals surface area (Å²) in [6.07, 6.45) is -3.67. The van der Waals surface area contributed by atoms with Crippen molar-refractivity contribution >= 4 is 29.0 Å². The zero-order valence-corrected chi connectivity index (χ0v) is 17.6. The minimum atomic E-state index is -4.49. The highest BCUT2D eigenvalue weighted by atomic mass is 35.5. The molecule has 1 aromatic carbocycles. The van der Waals surface area contributed by atoms with Gasteiger partial charge < -0.3 is 20.9 Å². The van der Waals surface area contributed by atoms with Gasteiger partial charge in [0.15, 0.2) is 0 Å². The molecule has 1 amide bonds. The van der Waals surface area contributed by atoms with Crippen molar-refractivity contribution in [2.45, 2.75) is 32.2 Å². The molecular weight excluding hydrogens is 433 g/mol. The molecule has 1 unspecified atom stereocenters. The van der Waals surface area contributed by atoms with Crippen LogP contribution in [0.1, 0.15) is 28.8 Å². The Morgan fingerprint density at radius 2 is 2.06 bits per heavy atom. The van der Waals surface area contributed by atoms with Crippen molar-refractivity contribution in [1.29, 1.82) is 0 Å². The van der Waals surface area contributed by atoms with Gasteiger partial charge in [-0.15, -0.1) is 0 Å². The molecule has 0 radical (unpaired) electrons. The van der Waals surface area contributed by atoms with Crippen LogP contribution < -0.4 is 11.1 Å². The van der Waals surface area contributed by atoms with Gasteiger partial charge in [-0.05, 0) is 55.4 Å². The first kappa shape index (κ1) is 21.6. The van der Waals surface area contributed by atoms with Gasteiger partial charge in [0.05, 0.1) is 30.3 Å². The molecule has 3 N–H and O–H groups in total. The molecule has 11 heteroatoms. The normalized spacial score (nSPS) is 19.0. The number of carbonyl (C=O) groups excluding carboxylic acids is 1. The lowest BCUT2D eigenvalue weighted by molar-refractivity contribution is -0.137. The maximum absolute atomic E-state index is 13.1. The lowest BCUT2D eigenvalue weighted by atomic mass is 10.1. The molecule has 1 atom stereocenters. The van der Waals surface area contributed by atoms with Crippen LogP contribution in [-0.4, -0.2) is 45.8 Å². The van der Waals surface area contributed by atoms with E-state index in [-0.39, 0.29) is 29.3 Å². The van der Waals surface area contributed by atoms with E-state index in [2.05, 4.69) is 20.2 Å². The van der Waals surface area contributed by atoms with Crippen LogP contribution in [0, 0.1) is 5.92 Å². The number of nitrogens with zero attached hydrogens (tertiary/aromatic N) is 4. The number of halogens is 4. The van der Waals surface area contributed by atoms with Crippen LogP contribution in [0.25, 0.3) is 0 Å². The smallest absolute Gasteiger partial charge is 0.399 e. The number of alkyl halides is 3. The fourth-order valence-electron chi connectivity index (χ4n) is 4.09. The number of aromatic nitrogens is 2. The Morgan fingerprint density at radius 1 is 1.29 bits per heavy atom. The molecule has 0 bridgehead atoms. The molecular formula is C20H22ClF3N6O. The highest BCUT2D eigenvalue weighted by Gasteiger charge is 2.35. The Hall–Kier alpha value is -2.59. The molecule has 0 spiro atoms. The van der Waals surface area contributed by atoms with Gasteiger partial charge in [-0.2, -0.15) is 13.2 Å². The number of hydrogen-bond donors (Lipinski definition) is 2. The van der Waals surface area contributed by atoms with Gasteiger partial charge in [0.1, 0.15) is 5.82 Å². The van der Waals surface area contributed by atoms with E-state index in [4.69, 9.17) is 17.3 Å². The van der Waals surface area contributed by atoms with Crippen LogP contribution in [0.4, 0.5) is 24.7 Å². The van der Waals surface area contributed by atoms with Gasteiger partial charge in [0, 0.05) is 24.3 Å². The number of nitrogens with one attached hydrogen (secondary N) is 1. The summed E-state index contributed by atoms with van der Waals surface area (Å²) in [4.78, 5) is 25.2. The second-order valence-corrected chi connectivity index (χ2v) is 8.36. The summed E-state index contributed by atoms with van der Waals surface area (Å²) >= 11 is 6.05. The molecule has 1 aromatic heterocycles. The Bertz CT molecular complexity index is 1020. The van der Waals surface area contributed by atoms with Gasteiger partial charge in [-0.1, -0.05) is 0 Å². The third kappa shape index (κ3) is 4.69. The van der Waals surface area contributed by atoms with E-state index in [1.54, 1.807) is 4.90 Å². The summed E-state index contributed by atoms with van der Waals surface area (Å²) in [6.45, 7) is 2.34. The number of benzene rings is 1. The largest absolute Gasteiger partial charge is 0.416 e. The van der Waals surface area contributed by atoms with Gasteiger partial charge in [-0.3, -0.25) is 4.79 Å². The van der Waals surface area contributed by atoms with Crippen LogP contribution in [0.2, 0.25) is 5.28 Å². The molecule has 2 aromatic rings. The average Bonchev–Trinajstić information content (AvgIpc) is 3.30. The first-order valence-corrected chi connectivity index (χ1v) is 10.2. The number of likely N-dealkylation sites (tertiary alicyclic amines) is 1. The number of fused-ring (bicyclic) bond motifs is 1. The van der Waals surface area contributed by atoms with Gasteiger partial charge >= 0.3 is 6.18 Å². The Balaban J connectivity index is 1.51. The summed E-state index contributed by atoms with van der Waals surface area (Å²) < 4.78 is 39.2. The van der Waals surface area contributed by atoms with Crippen molar-refractivity contribution in [1.82, 2.24) is 19.8 Å². The quantitative estimate of drug-likeness (QED) is 0.545. The van der Waals surface area contributed by atoms with E-state index >= 15 is 0 Å². The monoisotopic (exact) mass is 454 g/mol. The van der Waals surface area contributed by atoms with Crippen molar-refractivity contribution in [2.24, 2.45) is 5.92 Å². The number of nitrogen functional groups attached to an aromatic ring is 1. The minimum Gasteiger partial charge on any atom is -0.399 e. The number of anilines is 2. The van der Waals surface area contributed by atoms with E-state index in [0.717, 1.165) is 37.2 Å². The highest BCUT2D eigenvalue weighted by molar-refractivity contribution is 6.28. The Morgan fingerprint density at radius 3 is 2.74 bits per heavy atom. The fraction of sp³-hybridized carbons (Fsp3) is 0.450. The average molecular weight is 455 g/mol. The van der Waals surface area contributed by atoms with Crippen LogP contribution in [0.15, 0.2) is 18.2 Å². The standard InChI is InChI=1S/C20H22ClF3N6O/c1-29-3-2-12(8-29)18(31)30-9-15-16(10-30)27-19(21)28-17(15)26-7-11-4-13(20(22,23)24)6-14(25)5-11/h4-6,12H,2-3,7-10,25H2,1H3,(H,26,27,28). The van der Waals surface area contributed by atoms with E-state index in [0.29, 0.717) is 30.2 Å². The maximum atomic E-state index is 13.1. The number of rotatable bonds is 4. The molecule has 4 rings (SSSR count). The SMILES string of the molecule is CN1CCC(C(=O)N2Cc3nc(Cl)nc(NCc4cc(N)cc(C(F)(F)F)c4)c3C2)C1. The van der Waals surface area contributed by atoms with E-state index in [1.165, 1.54) is 6.07 Å². The van der Waals surface area contributed by atoms with Crippen molar-refractivity contribution < 1.29 is 18.0 Å². The molecule has 1 saturated heterocycles. The van der Waals surface area contributed by atoms with Crippen LogP contribution in [0.5, 0.6) is 0 Å². The summed E-state index contributed by atoms with van der Waals surface area (Å²) in [5.41, 5.74) is 6.58. The fourth-order valence-corrected chi connectivity index (χ4v) is 4.28. The molecule has 1 fully saturated rings. The van der Waals surface area contributed by atoms with Crippen molar-refractivity contribution in [3.05, 3.63) is 45.9 Å². The zero-order chi connectivity index (χ0) is 22.3. The number of carbonyl (C=O) groups is 1. The first-order chi connectivity index (χ1) is 14.6. The maximum Gasteiger partial charge on any atom is 0.416 e. The zero-order valence-electron chi connectivity index (χ0n) is 16.8. The first-order valence-electron chi connectivity index (χ1n) is 9.83. The predicted octanol–water partition coefficient (Wildman–Crippen LogP) is 3.14. The Kier molecular flexibility index (Phi) is 5.69. The molecule has 31 heavy (non-hydrogen) atoms. The van der Waals surface area contributed by atoms with Gasteiger partial charge in [-0.25, -0.2) is 9.97 Å². The number of amides is 1. The van der Waals surface area contributed by atoms with Crippen LogP contribution >= 0.6 is 11.6 Å². The third-order valence-electron chi connectivity index (χ3n) is 5.61. The molecule has 3 heterocycles. The highest BCUT2D eigenvalue weighted by Crippen LogP contribution is 2.33.